The molecule has 3 heterocycles. The standard InChI is InChI=1S/C20H17Cl2N3O2S/c1-20(2,3)14-9-28-19-17(14)18(23-10-24-19)26-8-12-7-16(25-27-12)13-5-4-11(21)6-15(13)22/h4-7,9-10H,8H2,1-3H3. The Morgan fingerprint density at radius 1 is 1.14 bits per heavy atom. The maximum atomic E-state index is 6.25. The highest BCUT2D eigenvalue weighted by atomic mass is 35.5. The van der Waals surface area contributed by atoms with Crippen molar-refractivity contribution in [2.24, 2.45) is 0 Å². The largest absolute Gasteiger partial charge is 0.469 e. The minimum absolute atomic E-state index is 0.0359. The molecule has 0 fully saturated rings. The van der Waals surface area contributed by atoms with Gasteiger partial charge < -0.3 is 9.26 Å². The lowest BCUT2D eigenvalue weighted by Crippen LogP contribution is -2.11. The summed E-state index contributed by atoms with van der Waals surface area (Å²) in [6.07, 6.45) is 1.51. The molecule has 0 aliphatic heterocycles. The normalized spacial score (nSPS) is 11.9. The number of ether oxygens (including phenoxy) is 1. The van der Waals surface area contributed by atoms with Gasteiger partial charge in [0.15, 0.2) is 12.4 Å². The first-order valence-electron chi connectivity index (χ1n) is 8.59. The molecule has 3 aromatic heterocycles. The Balaban J connectivity index is 1.59. The Bertz CT molecular complexity index is 1150. The molecule has 5 nitrogen and oxygen atoms in total. The van der Waals surface area contributed by atoms with Crippen LogP contribution in [0, 0.1) is 0 Å². The third-order valence-electron chi connectivity index (χ3n) is 4.26. The third-order valence-corrected chi connectivity index (χ3v) is 5.69. The van der Waals surface area contributed by atoms with Gasteiger partial charge in [0.2, 0.25) is 5.88 Å². The molecule has 144 valence electrons. The molecule has 0 spiro atoms. The van der Waals surface area contributed by atoms with Crippen LogP contribution in [0.2, 0.25) is 10.0 Å². The highest BCUT2D eigenvalue weighted by Gasteiger charge is 2.22. The number of hydrogen-bond acceptors (Lipinski definition) is 6. The van der Waals surface area contributed by atoms with Crippen molar-refractivity contribution >= 4 is 44.8 Å². The fourth-order valence-electron chi connectivity index (χ4n) is 2.85. The van der Waals surface area contributed by atoms with Gasteiger partial charge in [0, 0.05) is 16.7 Å². The van der Waals surface area contributed by atoms with Crippen molar-refractivity contribution < 1.29 is 9.26 Å². The fraction of sp³-hybridized carbons (Fsp3) is 0.250. The summed E-state index contributed by atoms with van der Waals surface area (Å²) in [6.45, 7) is 6.67. The molecule has 0 amide bonds. The average Bonchev–Trinajstić information content (AvgIpc) is 3.26. The van der Waals surface area contributed by atoms with Gasteiger partial charge in [0.25, 0.3) is 0 Å². The minimum atomic E-state index is -0.0359. The van der Waals surface area contributed by atoms with Crippen LogP contribution >= 0.6 is 34.5 Å². The second-order valence-corrected chi connectivity index (χ2v) is 9.05. The Kier molecular flexibility index (Phi) is 5.04. The number of benzene rings is 1. The molecule has 8 heteroatoms. The van der Waals surface area contributed by atoms with Gasteiger partial charge >= 0.3 is 0 Å². The first kappa shape index (κ1) is 19.2. The van der Waals surface area contributed by atoms with Crippen LogP contribution in [-0.4, -0.2) is 15.1 Å². The van der Waals surface area contributed by atoms with Gasteiger partial charge in [-0.1, -0.05) is 49.1 Å². The van der Waals surface area contributed by atoms with Crippen LogP contribution in [0.25, 0.3) is 21.5 Å². The molecular formula is C20H17Cl2N3O2S. The van der Waals surface area contributed by atoms with E-state index in [-0.39, 0.29) is 12.0 Å². The van der Waals surface area contributed by atoms with Crippen molar-refractivity contribution in [2.75, 3.05) is 0 Å². The number of fused-ring (bicyclic) bond motifs is 1. The van der Waals surface area contributed by atoms with Crippen molar-refractivity contribution in [1.82, 2.24) is 15.1 Å². The zero-order valence-electron chi connectivity index (χ0n) is 15.5. The maximum Gasteiger partial charge on any atom is 0.226 e. The highest BCUT2D eigenvalue weighted by Crippen LogP contribution is 2.38. The number of hydrogen-bond donors (Lipinski definition) is 0. The van der Waals surface area contributed by atoms with Crippen molar-refractivity contribution in [3.05, 3.63) is 57.3 Å². The van der Waals surface area contributed by atoms with Gasteiger partial charge in [-0.2, -0.15) is 0 Å². The van der Waals surface area contributed by atoms with E-state index in [1.165, 1.54) is 6.33 Å². The Labute approximate surface area is 176 Å². The number of halogens is 2. The van der Waals surface area contributed by atoms with E-state index in [0.717, 1.165) is 21.3 Å². The minimum Gasteiger partial charge on any atom is -0.469 e. The van der Waals surface area contributed by atoms with Crippen LogP contribution in [0.1, 0.15) is 32.1 Å². The summed E-state index contributed by atoms with van der Waals surface area (Å²) in [7, 11) is 0. The number of thiophene rings is 1. The summed E-state index contributed by atoms with van der Waals surface area (Å²) >= 11 is 13.8. The maximum absolute atomic E-state index is 6.25. The molecular weight excluding hydrogens is 417 g/mol. The number of rotatable bonds is 4. The van der Waals surface area contributed by atoms with Crippen LogP contribution in [0.3, 0.4) is 0 Å². The van der Waals surface area contributed by atoms with E-state index >= 15 is 0 Å². The van der Waals surface area contributed by atoms with Crippen molar-refractivity contribution in [3.8, 4) is 17.1 Å². The predicted molar refractivity (Wildman–Crippen MR) is 112 cm³/mol. The molecule has 0 saturated heterocycles. The number of aromatic nitrogens is 3. The first-order valence-corrected chi connectivity index (χ1v) is 10.2. The quantitative estimate of drug-likeness (QED) is 0.366. The average molecular weight is 434 g/mol. The van der Waals surface area contributed by atoms with Crippen LogP contribution in [-0.2, 0) is 12.0 Å². The molecule has 0 atom stereocenters. The van der Waals surface area contributed by atoms with E-state index in [1.54, 1.807) is 29.5 Å². The Hall–Kier alpha value is -2.15. The molecule has 0 radical (unpaired) electrons. The van der Waals surface area contributed by atoms with Gasteiger partial charge in [-0.15, -0.1) is 11.3 Å². The topological polar surface area (TPSA) is 61.0 Å². The summed E-state index contributed by atoms with van der Waals surface area (Å²) in [5, 5.41) is 8.22. The molecule has 1 aromatic carbocycles. The third kappa shape index (κ3) is 3.72. The SMILES string of the molecule is CC(C)(C)c1csc2ncnc(OCc3cc(-c4ccc(Cl)cc4Cl)no3)c12. The van der Waals surface area contributed by atoms with Gasteiger partial charge in [-0.25, -0.2) is 9.97 Å². The van der Waals surface area contributed by atoms with Crippen LogP contribution in [0.4, 0.5) is 0 Å². The van der Waals surface area contributed by atoms with Gasteiger partial charge in [0.05, 0.1) is 10.4 Å². The molecule has 28 heavy (non-hydrogen) atoms. The molecule has 0 N–H and O–H groups in total. The highest BCUT2D eigenvalue weighted by molar-refractivity contribution is 7.17. The lowest BCUT2D eigenvalue weighted by molar-refractivity contribution is 0.244. The van der Waals surface area contributed by atoms with Gasteiger partial charge in [-0.3, -0.25) is 0 Å². The van der Waals surface area contributed by atoms with E-state index in [0.29, 0.717) is 27.4 Å². The van der Waals surface area contributed by atoms with Crippen molar-refractivity contribution in [1.29, 1.82) is 0 Å². The van der Waals surface area contributed by atoms with E-state index in [2.05, 4.69) is 41.3 Å². The molecule has 4 aromatic rings. The molecule has 0 unspecified atom stereocenters. The number of nitrogens with zero attached hydrogens (tertiary/aromatic N) is 3. The zero-order chi connectivity index (χ0) is 19.9. The second kappa shape index (κ2) is 7.35. The van der Waals surface area contributed by atoms with Crippen molar-refractivity contribution in [2.45, 2.75) is 32.8 Å². The van der Waals surface area contributed by atoms with E-state index in [4.69, 9.17) is 32.5 Å². The predicted octanol–water partition coefficient (Wildman–Crippen LogP) is 6.53. The second-order valence-electron chi connectivity index (χ2n) is 7.35. The summed E-state index contributed by atoms with van der Waals surface area (Å²) in [5.74, 6) is 1.11. The lowest BCUT2D eigenvalue weighted by atomic mass is 9.87. The molecule has 0 saturated carbocycles. The molecule has 4 rings (SSSR count). The van der Waals surface area contributed by atoms with Gasteiger partial charge in [0.1, 0.15) is 16.9 Å². The first-order chi connectivity index (χ1) is 13.3. The van der Waals surface area contributed by atoms with E-state index < -0.39 is 0 Å². The van der Waals surface area contributed by atoms with Gasteiger partial charge in [-0.05, 0) is 34.6 Å². The molecule has 0 aliphatic rings. The van der Waals surface area contributed by atoms with E-state index in [9.17, 15) is 0 Å². The zero-order valence-corrected chi connectivity index (χ0v) is 17.8. The van der Waals surface area contributed by atoms with Crippen LogP contribution in [0.15, 0.2) is 40.5 Å². The van der Waals surface area contributed by atoms with Crippen LogP contribution in [0.5, 0.6) is 5.88 Å². The lowest BCUT2D eigenvalue weighted by Gasteiger charge is -2.18. The van der Waals surface area contributed by atoms with E-state index in [1.807, 2.05) is 6.07 Å². The smallest absolute Gasteiger partial charge is 0.226 e. The Morgan fingerprint density at radius 3 is 2.71 bits per heavy atom. The summed E-state index contributed by atoms with van der Waals surface area (Å²) in [6, 6.07) is 7.04. The molecule has 0 bridgehead atoms. The molecule has 0 aliphatic carbocycles. The Morgan fingerprint density at radius 2 is 1.96 bits per heavy atom. The monoisotopic (exact) mass is 433 g/mol. The fourth-order valence-corrected chi connectivity index (χ4v) is 4.48. The summed E-state index contributed by atoms with van der Waals surface area (Å²) in [5.41, 5.74) is 2.50. The summed E-state index contributed by atoms with van der Waals surface area (Å²) < 4.78 is 11.4. The van der Waals surface area contributed by atoms with Crippen molar-refractivity contribution in [3.63, 3.8) is 0 Å². The summed E-state index contributed by atoms with van der Waals surface area (Å²) in [4.78, 5) is 9.59. The van der Waals surface area contributed by atoms with Crippen LogP contribution < -0.4 is 4.74 Å².